The first-order chi connectivity index (χ1) is 13.1. The smallest absolute Gasteiger partial charge is 0.263 e. The van der Waals surface area contributed by atoms with Crippen LogP contribution in [0.1, 0.15) is 11.1 Å². The van der Waals surface area contributed by atoms with Crippen LogP contribution in [-0.2, 0) is 11.3 Å². The average molecular weight is 383 g/mol. The van der Waals surface area contributed by atoms with E-state index < -0.39 is 0 Å². The maximum absolute atomic E-state index is 12.0. The number of nitrogens with one attached hydrogen (secondary N) is 2. The van der Waals surface area contributed by atoms with Gasteiger partial charge >= 0.3 is 0 Å². The van der Waals surface area contributed by atoms with Gasteiger partial charge in [0, 0.05) is 11.6 Å². The number of aromatic nitrogens is 2. The van der Waals surface area contributed by atoms with Crippen molar-refractivity contribution in [2.45, 2.75) is 13.5 Å². The maximum Gasteiger partial charge on any atom is 0.263 e. The van der Waals surface area contributed by atoms with Gasteiger partial charge in [-0.3, -0.25) is 4.79 Å². The molecule has 138 valence electrons. The summed E-state index contributed by atoms with van der Waals surface area (Å²) in [6.07, 6.45) is 0. The summed E-state index contributed by atoms with van der Waals surface area (Å²) in [7, 11) is 0. The molecule has 0 saturated carbocycles. The average Bonchev–Trinajstić information content (AvgIpc) is 2.68. The van der Waals surface area contributed by atoms with Crippen LogP contribution in [0, 0.1) is 6.92 Å². The van der Waals surface area contributed by atoms with Crippen molar-refractivity contribution < 1.29 is 9.53 Å². The zero-order chi connectivity index (χ0) is 19.1. The van der Waals surface area contributed by atoms with E-state index in [2.05, 4.69) is 20.8 Å². The molecule has 27 heavy (non-hydrogen) atoms. The molecule has 6 nitrogen and oxygen atoms in total. The molecule has 0 fully saturated rings. The van der Waals surface area contributed by atoms with Crippen molar-refractivity contribution in [3.63, 3.8) is 0 Å². The lowest BCUT2D eigenvalue weighted by Crippen LogP contribution is -2.21. The van der Waals surface area contributed by atoms with Crippen LogP contribution in [0.4, 0.5) is 11.6 Å². The lowest BCUT2D eigenvalue weighted by molar-refractivity contribution is -0.118. The second-order valence-corrected chi connectivity index (χ2v) is 6.31. The Kier molecular flexibility index (Phi) is 6.22. The number of halogens is 1. The highest BCUT2D eigenvalue weighted by Crippen LogP contribution is 2.16. The lowest BCUT2D eigenvalue weighted by atomic mass is 10.2. The van der Waals surface area contributed by atoms with Gasteiger partial charge in [0.1, 0.15) is 11.6 Å². The van der Waals surface area contributed by atoms with Crippen LogP contribution in [0.25, 0.3) is 0 Å². The minimum atomic E-state index is -0.304. The van der Waals surface area contributed by atoms with Crippen LogP contribution in [0.5, 0.6) is 5.75 Å². The van der Waals surface area contributed by atoms with Crippen LogP contribution in [-0.4, -0.2) is 22.7 Å². The van der Waals surface area contributed by atoms with Gasteiger partial charge in [0.25, 0.3) is 5.91 Å². The summed E-state index contributed by atoms with van der Waals surface area (Å²) < 4.78 is 5.43. The number of ether oxygens (including phenoxy) is 1. The fraction of sp³-hybridized carbons (Fsp3) is 0.150. The minimum Gasteiger partial charge on any atom is -0.484 e. The van der Waals surface area contributed by atoms with Crippen molar-refractivity contribution in [3.05, 3.63) is 76.8 Å². The van der Waals surface area contributed by atoms with E-state index >= 15 is 0 Å². The Hall–Kier alpha value is -3.12. The number of carbonyl (C=O) groups is 1. The van der Waals surface area contributed by atoms with Gasteiger partial charge in [-0.15, -0.1) is 10.2 Å². The number of hydrogen-bond acceptors (Lipinski definition) is 5. The SMILES string of the molecule is Cc1ccc(OCC(=O)Nc2ccc(NCc3ccccc3Cl)nn2)cc1. The molecule has 0 bridgehead atoms. The zero-order valence-electron chi connectivity index (χ0n) is 14.8. The standard InChI is InChI=1S/C20H19ClN4O2/c1-14-6-8-16(9-7-14)27-13-20(26)23-19-11-10-18(24-25-19)22-12-15-4-2-3-5-17(15)21/h2-11H,12-13H2,1H3,(H,22,24)(H,23,25,26). The molecule has 0 atom stereocenters. The van der Waals surface area contributed by atoms with E-state index in [1.165, 1.54) is 0 Å². The number of anilines is 2. The first-order valence-electron chi connectivity index (χ1n) is 8.40. The predicted molar refractivity (Wildman–Crippen MR) is 106 cm³/mol. The predicted octanol–water partition coefficient (Wildman–Crippen LogP) is 4.07. The summed E-state index contributed by atoms with van der Waals surface area (Å²) in [6, 6.07) is 18.5. The Bertz CT molecular complexity index is 899. The third-order valence-electron chi connectivity index (χ3n) is 3.74. The van der Waals surface area contributed by atoms with Crippen LogP contribution in [0.15, 0.2) is 60.7 Å². The molecule has 0 radical (unpaired) electrons. The maximum atomic E-state index is 12.0. The zero-order valence-corrected chi connectivity index (χ0v) is 15.5. The molecular weight excluding hydrogens is 364 g/mol. The third-order valence-corrected chi connectivity index (χ3v) is 4.11. The topological polar surface area (TPSA) is 76.1 Å². The molecule has 0 aliphatic carbocycles. The highest BCUT2D eigenvalue weighted by Gasteiger charge is 2.06. The van der Waals surface area contributed by atoms with E-state index in [4.69, 9.17) is 16.3 Å². The van der Waals surface area contributed by atoms with Gasteiger partial charge < -0.3 is 15.4 Å². The minimum absolute atomic E-state index is 0.1000. The van der Waals surface area contributed by atoms with E-state index in [0.717, 1.165) is 11.1 Å². The van der Waals surface area contributed by atoms with E-state index in [1.807, 2.05) is 55.5 Å². The summed E-state index contributed by atoms with van der Waals surface area (Å²) in [6.45, 7) is 2.42. The van der Waals surface area contributed by atoms with Crippen LogP contribution >= 0.6 is 11.6 Å². The molecule has 1 heterocycles. The van der Waals surface area contributed by atoms with Crippen molar-refractivity contribution in [3.8, 4) is 5.75 Å². The molecule has 2 N–H and O–H groups in total. The monoisotopic (exact) mass is 382 g/mol. The number of rotatable bonds is 7. The fourth-order valence-corrected chi connectivity index (χ4v) is 2.49. The van der Waals surface area contributed by atoms with Crippen molar-refractivity contribution in [2.75, 3.05) is 17.2 Å². The van der Waals surface area contributed by atoms with Crippen molar-refractivity contribution >= 4 is 29.1 Å². The van der Waals surface area contributed by atoms with Gasteiger partial charge in [0.05, 0.1) is 0 Å². The van der Waals surface area contributed by atoms with Gasteiger partial charge in [-0.25, -0.2) is 0 Å². The lowest BCUT2D eigenvalue weighted by Gasteiger charge is -2.09. The number of amides is 1. The van der Waals surface area contributed by atoms with Crippen LogP contribution in [0.3, 0.4) is 0 Å². The number of benzene rings is 2. The highest BCUT2D eigenvalue weighted by atomic mass is 35.5. The summed E-state index contributed by atoms with van der Waals surface area (Å²) >= 11 is 6.12. The molecule has 0 unspecified atom stereocenters. The first kappa shape index (κ1) is 18.7. The molecule has 3 aromatic rings. The van der Waals surface area contributed by atoms with Gasteiger partial charge in [-0.2, -0.15) is 0 Å². The largest absolute Gasteiger partial charge is 0.484 e. The number of hydrogen-bond donors (Lipinski definition) is 2. The van der Waals surface area contributed by atoms with Gasteiger partial charge in [0.15, 0.2) is 12.4 Å². The molecule has 3 rings (SSSR count). The Labute approximate surface area is 162 Å². The highest BCUT2D eigenvalue weighted by molar-refractivity contribution is 6.31. The number of carbonyl (C=O) groups excluding carboxylic acids is 1. The Morgan fingerprint density at radius 1 is 1.00 bits per heavy atom. The second-order valence-electron chi connectivity index (χ2n) is 5.90. The molecule has 1 amide bonds. The summed E-state index contributed by atoms with van der Waals surface area (Å²) in [5.41, 5.74) is 2.09. The van der Waals surface area contributed by atoms with E-state index in [0.29, 0.717) is 29.0 Å². The quantitative estimate of drug-likeness (QED) is 0.644. The first-order valence-corrected chi connectivity index (χ1v) is 8.78. The normalized spacial score (nSPS) is 10.3. The van der Waals surface area contributed by atoms with Crippen molar-refractivity contribution in [1.29, 1.82) is 0 Å². The Morgan fingerprint density at radius 3 is 2.41 bits per heavy atom. The van der Waals surface area contributed by atoms with E-state index in [-0.39, 0.29) is 12.5 Å². The molecule has 0 saturated heterocycles. The van der Waals surface area contributed by atoms with Gasteiger partial charge in [-0.05, 0) is 42.8 Å². The molecule has 2 aromatic carbocycles. The number of aryl methyl sites for hydroxylation is 1. The van der Waals surface area contributed by atoms with Gasteiger partial charge in [-0.1, -0.05) is 47.5 Å². The van der Waals surface area contributed by atoms with Crippen LogP contribution in [0.2, 0.25) is 5.02 Å². The summed E-state index contributed by atoms with van der Waals surface area (Å²) in [5.74, 6) is 1.28. The molecule has 7 heteroatoms. The van der Waals surface area contributed by atoms with Crippen molar-refractivity contribution in [1.82, 2.24) is 10.2 Å². The Morgan fingerprint density at radius 2 is 1.70 bits per heavy atom. The molecule has 1 aromatic heterocycles. The summed E-state index contributed by atoms with van der Waals surface area (Å²) in [4.78, 5) is 12.0. The molecule has 0 spiro atoms. The van der Waals surface area contributed by atoms with Crippen molar-refractivity contribution in [2.24, 2.45) is 0 Å². The Balaban J connectivity index is 1.47. The fourth-order valence-electron chi connectivity index (χ4n) is 2.28. The second kappa shape index (κ2) is 9.00. The molecule has 0 aliphatic heterocycles. The van der Waals surface area contributed by atoms with Crippen LogP contribution < -0.4 is 15.4 Å². The van der Waals surface area contributed by atoms with E-state index in [1.54, 1.807) is 12.1 Å². The van der Waals surface area contributed by atoms with Gasteiger partial charge in [0.2, 0.25) is 0 Å². The molecular formula is C20H19ClN4O2. The molecule has 0 aliphatic rings. The summed E-state index contributed by atoms with van der Waals surface area (Å²) in [5, 5.41) is 14.5. The third kappa shape index (κ3) is 5.69. The number of nitrogens with zero attached hydrogens (tertiary/aromatic N) is 2. The van der Waals surface area contributed by atoms with E-state index in [9.17, 15) is 4.79 Å².